The number of piperidine rings is 1. The maximum absolute atomic E-state index is 10.8. The SMILES string of the molecule is CC(=O)NC1=CN2CCC1CC2. The molecule has 3 rings (SSSR count). The molecule has 0 aliphatic carbocycles. The second-order valence-electron chi connectivity index (χ2n) is 3.58. The normalized spacial score (nSPS) is 22.4. The average molecular weight is 166 g/mol. The third-order valence-corrected chi connectivity index (χ3v) is 2.61. The molecule has 3 aliphatic rings. The Morgan fingerprint density at radius 1 is 1.58 bits per heavy atom. The standard InChI is InChI=1S/C9H14N2O/c1-7(12)10-9-6-11-4-2-8(9)3-5-11/h6,8H,2-5H2,1H3,(H,10,12). The lowest BCUT2D eigenvalue weighted by Gasteiger charge is -2.38. The molecule has 12 heavy (non-hydrogen) atoms. The first-order valence-electron chi connectivity index (χ1n) is 4.49. The molecule has 0 aromatic carbocycles. The summed E-state index contributed by atoms with van der Waals surface area (Å²) in [6.45, 7) is 3.89. The molecule has 0 spiro atoms. The maximum Gasteiger partial charge on any atom is 0.221 e. The molecule has 2 bridgehead atoms. The van der Waals surface area contributed by atoms with Crippen LogP contribution in [0.15, 0.2) is 11.9 Å². The summed E-state index contributed by atoms with van der Waals surface area (Å²) in [5.74, 6) is 0.661. The fraction of sp³-hybridized carbons (Fsp3) is 0.667. The van der Waals surface area contributed by atoms with Gasteiger partial charge in [-0.1, -0.05) is 0 Å². The van der Waals surface area contributed by atoms with Gasteiger partial charge in [0.1, 0.15) is 0 Å². The van der Waals surface area contributed by atoms with E-state index < -0.39 is 0 Å². The van der Waals surface area contributed by atoms with Gasteiger partial charge < -0.3 is 10.2 Å². The van der Waals surface area contributed by atoms with Gasteiger partial charge in [0.25, 0.3) is 0 Å². The Balaban J connectivity index is 2.10. The number of allylic oxidation sites excluding steroid dienone is 1. The Hall–Kier alpha value is -0.990. The van der Waals surface area contributed by atoms with Crippen molar-refractivity contribution < 1.29 is 4.79 Å². The molecule has 0 aromatic rings. The predicted molar refractivity (Wildman–Crippen MR) is 46.2 cm³/mol. The minimum atomic E-state index is 0.0509. The Morgan fingerprint density at radius 2 is 2.25 bits per heavy atom. The van der Waals surface area contributed by atoms with Crippen molar-refractivity contribution in [1.82, 2.24) is 10.2 Å². The molecular formula is C9H14N2O. The van der Waals surface area contributed by atoms with E-state index in [1.54, 1.807) is 6.92 Å². The summed E-state index contributed by atoms with van der Waals surface area (Å²) in [5.41, 5.74) is 1.12. The van der Waals surface area contributed by atoms with E-state index in [1.165, 1.54) is 12.8 Å². The lowest BCUT2D eigenvalue weighted by Crippen LogP contribution is -2.40. The third kappa shape index (κ3) is 1.31. The van der Waals surface area contributed by atoms with Crippen molar-refractivity contribution in [3.05, 3.63) is 11.9 Å². The van der Waals surface area contributed by atoms with Gasteiger partial charge in [-0.3, -0.25) is 4.79 Å². The average Bonchev–Trinajstić information content (AvgIpc) is 2.05. The molecule has 66 valence electrons. The molecule has 3 heteroatoms. The largest absolute Gasteiger partial charge is 0.376 e. The number of carbonyl (C=O) groups excluding carboxylic acids is 1. The molecule has 0 atom stereocenters. The second kappa shape index (κ2) is 2.81. The third-order valence-electron chi connectivity index (χ3n) is 2.61. The summed E-state index contributed by atoms with van der Waals surface area (Å²) >= 11 is 0. The lowest BCUT2D eigenvalue weighted by atomic mass is 9.90. The minimum Gasteiger partial charge on any atom is -0.376 e. The number of hydrogen-bond acceptors (Lipinski definition) is 2. The van der Waals surface area contributed by atoms with Crippen LogP contribution in [0, 0.1) is 5.92 Å². The topological polar surface area (TPSA) is 32.3 Å². The van der Waals surface area contributed by atoms with E-state index in [1.807, 2.05) is 0 Å². The van der Waals surface area contributed by atoms with Gasteiger partial charge in [0.2, 0.25) is 5.91 Å². The molecule has 0 aromatic heterocycles. The first kappa shape index (κ1) is 7.65. The van der Waals surface area contributed by atoms with E-state index in [0.717, 1.165) is 18.8 Å². The van der Waals surface area contributed by atoms with E-state index in [0.29, 0.717) is 5.92 Å². The highest BCUT2D eigenvalue weighted by molar-refractivity contribution is 5.75. The van der Waals surface area contributed by atoms with Crippen molar-refractivity contribution in [2.24, 2.45) is 5.92 Å². The number of nitrogens with one attached hydrogen (secondary N) is 1. The molecule has 1 amide bonds. The highest BCUT2D eigenvalue weighted by Crippen LogP contribution is 2.28. The van der Waals surface area contributed by atoms with Crippen molar-refractivity contribution in [2.45, 2.75) is 19.8 Å². The Labute approximate surface area is 72.4 Å². The van der Waals surface area contributed by atoms with E-state index in [-0.39, 0.29) is 5.91 Å². The van der Waals surface area contributed by atoms with E-state index in [9.17, 15) is 4.79 Å². The van der Waals surface area contributed by atoms with Crippen molar-refractivity contribution in [3.8, 4) is 0 Å². The van der Waals surface area contributed by atoms with Crippen molar-refractivity contribution in [2.75, 3.05) is 13.1 Å². The van der Waals surface area contributed by atoms with E-state index in [4.69, 9.17) is 0 Å². The van der Waals surface area contributed by atoms with Gasteiger partial charge in [-0.25, -0.2) is 0 Å². The smallest absolute Gasteiger partial charge is 0.221 e. The Kier molecular flexibility index (Phi) is 1.79. The molecular weight excluding hydrogens is 152 g/mol. The van der Waals surface area contributed by atoms with Crippen molar-refractivity contribution in [3.63, 3.8) is 0 Å². The summed E-state index contributed by atoms with van der Waals surface area (Å²) in [6, 6.07) is 0. The fourth-order valence-electron chi connectivity index (χ4n) is 1.98. The van der Waals surface area contributed by atoms with E-state index >= 15 is 0 Å². The first-order chi connectivity index (χ1) is 5.75. The Morgan fingerprint density at radius 3 is 2.67 bits per heavy atom. The number of rotatable bonds is 1. The quantitative estimate of drug-likeness (QED) is 0.621. The first-order valence-corrected chi connectivity index (χ1v) is 4.49. The van der Waals surface area contributed by atoms with Crippen LogP contribution in [0.2, 0.25) is 0 Å². The molecule has 3 nitrogen and oxygen atoms in total. The van der Waals surface area contributed by atoms with Crippen LogP contribution in [0.1, 0.15) is 19.8 Å². The molecule has 0 saturated carbocycles. The summed E-state index contributed by atoms with van der Waals surface area (Å²) in [5, 5.41) is 2.89. The zero-order valence-electron chi connectivity index (χ0n) is 7.34. The number of hydrogen-bond donors (Lipinski definition) is 1. The number of fused-ring (bicyclic) bond motifs is 2. The van der Waals surface area contributed by atoms with Gasteiger partial charge in [-0.05, 0) is 12.8 Å². The van der Waals surface area contributed by atoms with Crippen molar-refractivity contribution in [1.29, 1.82) is 0 Å². The van der Waals surface area contributed by atoms with Crippen LogP contribution in [0.5, 0.6) is 0 Å². The van der Waals surface area contributed by atoms with Gasteiger partial charge in [-0.15, -0.1) is 0 Å². The van der Waals surface area contributed by atoms with Crippen LogP contribution in [-0.2, 0) is 4.79 Å². The number of carbonyl (C=O) groups is 1. The number of amides is 1. The molecule has 3 heterocycles. The number of nitrogens with zero attached hydrogens (tertiary/aromatic N) is 1. The fourth-order valence-corrected chi connectivity index (χ4v) is 1.98. The van der Waals surface area contributed by atoms with Crippen LogP contribution in [0.25, 0.3) is 0 Å². The van der Waals surface area contributed by atoms with Gasteiger partial charge >= 0.3 is 0 Å². The summed E-state index contributed by atoms with van der Waals surface area (Å²) in [7, 11) is 0. The highest BCUT2D eigenvalue weighted by atomic mass is 16.1. The summed E-state index contributed by atoms with van der Waals surface area (Å²) in [6.07, 6.45) is 4.50. The molecule has 3 aliphatic heterocycles. The van der Waals surface area contributed by atoms with Crippen LogP contribution >= 0.6 is 0 Å². The van der Waals surface area contributed by atoms with Crippen LogP contribution in [-0.4, -0.2) is 23.9 Å². The molecule has 1 fully saturated rings. The van der Waals surface area contributed by atoms with Crippen LogP contribution < -0.4 is 5.32 Å². The Bertz CT molecular complexity index is 227. The van der Waals surface area contributed by atoms with E-state index in [2.05, 4.69) is 16.4 Å². The predicted octanol–water partition coefficient (Wildman–Crippen LogP) is 0.690. The van der Waals surface area contributed by atoms with Gasteiger partial charge in [0.15, 0.2) is 0 Å². The van der Waals surface area contributed by atoms with Gasteiger partial charge in [-0.2, -0.15) is 0 Å². The minimum absolute atomic E-state index is 0.0509. The maximum atomic E-state index is 10.8. The monoisotopic (exact) mass is 166 g/mol. The second-order valence-corrected chi connectivity index (χ2v) is 3.58. The van der Waals surface area contributed by atoms with Crippen LogP contribution in [0.3, 0.4) is 0 Å². The summed E-state index contributed by atoms with van der Waals surface area (Å²) < 4.78 is 0. The van der Waals surface area contributed by atoms with Crippen LogP contribution in [0.4, 0.5) is 0 Å². The molecule has 1 saturated heterocycles. The summed E-state index contributed by atoms with van der Waals surface area (Å²) in [4.78, 5) is 13.1. The molecule has 1 N–H and O–H groups in total. The molecule has 0 unspecified atom stereocenters. The van der Waals surface area contributed by atoms with Gasteiger partial charge in [0, 0.05) is 37.8 Å². The van der Waals surface area contributed by atoms with Gasteiger partial charge in [0.05, 0.1) is 0 Å². The molecule has 0 radical (unpaired) electrons. The lowest BCUT2D eigenvalue weighted by molar-refractivity contribution is -0.118. The highest BCUT2D eigenvalue weighted by Gasteiger charge is 2.27. The van der Waals surface area contributed by atoms with Crippen molar-refractivity contribution >= 4 is 5.91 Å². The zero-order valence-corrected chi connectivity index (χ0v) is 7.34. The zero-order chi connectivity index (χ0) is 8.55.